The Morgan fingerprint density at radius 2 is 2.12 bits per heavy atom. The zero-order valence-corrected chi connectivity index (χ0v) is 12.1. The van der Waals surface area contributed by atoms with Crippen molar-refractivity contribution in [1.82, 2.24) is 5.32 Å². The van der Waals surface area contributed by atoms with Crippen molar-refractivity contribution < 1.29 is 4.79 Å². The van der Waals surface area contributed by atoms with E-state index in [4.69, 9.17) is 0 Å². The van der Waals surface area contributed by atoms with Gasteiger partial charge in [0.25, 0.3) is 0 Å². The van der Waals surface area contributed by atoms with Gasteiger partial charge in [0.15, 0.2) is 0 Å². The van der Waals surface area contributed by atoms with E-state index in [-0.39, 0.29) is 5.78 Å². The standard InChI is InChI=1S/C14H20BrNO/c1-11-5-6-14(15)10-13(11)7-9-16-8-3-4-12(2)17/h5-6,10,16H,3-4,7-9H2,1-2H3. The van der Waals surface area contributed by atoms with E-state index >= 15 is 0 Å². The van der Waals surface area contributed by atoms with Gasteiger partial charge in [-0.05, 0) is 63.0 Å². The number of halogens is 1. The van der Waals surface area contributed by atoms with Crippen molar-refractivity contribution in [3.8, 4) is 0 Å². The second kappa shape index (κ2) is 7.62. The molecule has 1 aromatic rings. The molecule has 0 heterocycles. The Morgan fingerprint density at radius 1 is 1.35 bits per heavy atom. The topological polar surface area (TPSA) is 29.1 Å². The van der Waals surface area contributed by atoms with Gasteiger partial charge < -0.3 is 10.1 Å². The molecule has 1 N–H and O–H groups in total. The number of Topliss-reactive ketones (excluding diaryl/α,β-unsaturated/α-hetero) is 1. The lowest BCUT2D eigenvalue weighted by Gasteiger charge is -2.07. The van der Waals surface area contributed by atoms with Crippen molar-refractivity contribution in [2.24, 2.45) is 0 Å². The molecule has 0 fully saturated rings. The summed E-state index contributed by atoms with van der Waals surface area (Å²) >= 11 is 3.49. The van der Waals surface area contributed by atoms with Crippen LogP contribution in [-0.2, 0) is 11.2 Å². The minimum absolute atomic E-state index is 0.273. The quantitative estimate of drug-likeness (QED) is 0.783. The Bertz CT molecular complexity index is 376. The molecule has 0 unspecified atom stereocenters. The molecular weight excluding hydrogens is 278 g/mol. The van der Waals surface area contributed by atoms with Gasteiger partial charge in [0, 0.05) is 10.9 Å². The van der Waals surface area contributed by atoms with Gasteiger partial charge in [0.2, 0.25) is 0 Å². The Kier molecular flexibility index (Phi) is 6.45. The van der Waals surface area contributed by atoms with E-state index in [1.54, 1.807) is 6.92 Å². The van der Waals surface area contributed by atoms with E-state index in [2.05, 4.69) is 46.4 Å². The summed E-state index contributed by atoms with van der Waals surface area (Å²) in [5.41, 5.74) is 2.71. The maximum absolute atomic E-state index is 10.7. The number of hydrogen-bond donors (Lipinski definition) is 1. The summed E-state index contributed by atoms with van der Waals surface area (Å²) < 4.78 is 1.13. The van der Waals surface area contributed by atoms with E-state index < -0.39 is 0 Å². The van der Waals surface area contributed by atoms with Gasteiger partial charge in [-0.3, -0.25) is 0 Å². The molecule has 0 spiro atoms. The normalized spacial score (nSPS) is 10.5. The van der Waals surface area contributed by atoms with Gasteiger partial charge in [-0.1, -0.05) is 22.0 Å². The van der Waals surface area contributed by atoms with Gasteiger partial charge in [0.05, 0.1) is 0 Å². The van der Waals surface area contributed by atoms with Crippen LogP contribution in [-0.4, -0.2) is 18.9 Å². The van der Waals surface area contributed by atoms with Crippen LogP contribution in [0.15, 0.2) is 22.7 Å². The molecule has 0 aromatic heterocycles. The molecule has 0 saturated carbocycles. The molecule has 94 valence electrons. The number of aryl methyl sites for hydroxylation is 1. The van der Waals surface area contributed by atoms with Crippen LogP contribution < -0.4 is 5.32 Å². The van der Waals surface area contributed by atoms with Crippen molar-refractivity contribution in [3.63, 3.8) is 0 Å². The highest BCUT2D eigenvalue weighted by Crippen LogP contribution is 2.16. The first-order valence-electron chi connectivity index (χ1n) is 6.05. The summed E-state index contributed by atoms with van der Waals surface area (Å²) in [4.78, 5) is 10.7. The van der Waals surface area contributed by atoms with Crippen LogP contribution in [0.25, 0.3) is 0 Å². The Hall–Kier alpha value is -0.670. The van der Waals surface area contributed by atoms with Gasteiger partial charge in [-0.2, -0.15) is 0 Å². The minimum atomic E-state index is 0.273. The van der Waals surface area contributed by atoms with Crippen LogP contribution >= 0.6 is 15.9 Å². The maximum atomic E-state index is 10.7. The molecule has 1 aromatic carbocycles. The number of benzene rings is 1. The van der Waals surface area contributed by atoms with Crippen LogP contribution in [0.3, 0.4) is 0 Å². The Morgan fingerprint density at radius 3 is 2.82 bits per heavy atom. The van der Waals surface area contributed by atoms with Crippen molar-refractivity contribution >= 4 is 21.7 Å². The number of rotatable bonds is 7. The zero-order valence-electron chi connectivity index (χ0n) is 10.6. The summed E-state index contributed by atoms with van der Waals surface area (Å²) in [5.74, 6) is 0.273. The van der Waals surface area contributed by atoms with E-state index in [1.807, 2.05) is 0 Å². The van der Waals surface area contributed by atoms with E-state index in [1.165, 1.54) is 11.1 Å². The number of ketones is 1. The molecule has 0 aliphatic heterocycles. The molecule has 1 rings (SSSR count). The van der Waals surface area contributed by atoms with Gasteiger partial charge >= 0.3 is 0 Å². The van der Waals surface area contributed by atoms with E-state index in [0.29, 0.717) is 6.42 Å². The lowest BCUT2D eigenvalue weighted by atomic mass is 10.1. The van der Waals surface area contributed by atoms with E-state index in [0.717, 1.165) is 30.4 Å². The summed E-state index contributed by atoms with van der Waals surface area (Å²) in [5, 5.41) is 3.37. The predicted molar refractivity (Wildman–Crippen MR) is 75.4 cm³/mol. The summed E-state index contributed by atoms with van der Waals surface area (Å²) in [6, 6.07) is 6.38. The van der Waals surface area contributed by atoms with Gasteiger partial charge in [-0.15, -0.1) is 0 Å². The first-order chi connectivity index (χ1) is 8.09. The minimum Gasteiger partial charge on any atom is -0.316 e. The molecule has 0 aliphatic carbocycles. The third-order valence-electron chi connectivity index (χ3n) is 2.76. The summed E-state index contributed by atoms with van der Waals surface area (Å²) in [6.45, 7) is 5.67. The lowest BCUT2D eigenvalue weighted by molar-refractivity contribution is -0.117. The zero-order chi connectivity index (χ0) is 12.7. The van der Waals surface area contributed by atoms with Crippen LogP contribution in [0.1, 0.15) is 30.9 Å². The molecule has 0 radical (unpaired) electrons. The molecule has 0 atom stereocenters. The number of carbonyl (C=O) groups excluding carboxylic acids is 1. The lowest BCUT2D eigenvalue weighted by Crippen LogP contribution is -2.19. The number of carbonyl (C=O) groups is 1. The molecule has 2 nitrogen and oxygen atoms in total. The van der Waals surface area contributed by atoms with Crippen molar-refractivity contribution in [1.29, 1.82) is 0 Å². The second-order valence-electron chi connectivity index (χ2n) is 4.38. The third-order valence-corrected chi connectivity index (χ3v) is 3.26. The van der Waals surface area contributed by atoms with Gasteiger partial charge in [0.1, 0.15) is 5.78 Å². The Labute approximate surface area is 112 Å². The van der Waals surface area contributed by atoms with Crippen LogP contribution in [0.5, 0.6) is 0 Å². The first kappa shape index (κ1) is 14.4. The molecule has 0 amide bonds. The van der Waals surface area contributed by atoms with E-state index in [9.17, 15) is 4.79 Å². The molecule has 0 saturated heterocycles. The SMILES string of the molecule is CC(=O)CCCNCCc1cc(Br)ccc1C. The van der Waals surface area contributed by atoms with Crippen LogP contribution in [0.2, 0.25) is 0 Å². The van der Waals surface area contributed by atoms with Crippen LogP contribution in [0.4, 0.5) is 0 Å². The highest BCUT2D eigenvalue weighted by Gasteiger charge is 1.99. The highest BCUT2D eigenvalue weighted by molar-refractivity contribution is 9.10. The Balaban J connectivity index is 2.22. The summed E-state index contributed by atoms with van der Waals surface area (Å²) in [6.07, 6.45) is 2.65. The molecule has 0 aliphatic rings. The monoisotopic (exact) mass is 297 g/mol. The molecule has 17 heavy (non-hydrogen) atoms. The fourth-order valence-corrected chi connectivity index (χ4v) is 2.13. The van der Waals surface area contributed by atoms with Crippen LogP contribution in [0, 0.1) is 6.92 Å². The second-order valence-corrected chi connectivity index (χ2v) is 5.29. The van der Waals surface area contributed by atoms with Crippen molar-refractivity contribution in [2.75, 3.05) is 13.1 Å². The molecule has 3 heteroatoms. The molecular formula is C14H20BrNO. The number of hydrogen-bond acceptors (Lipinski definition) is 2. The highest BCUT2D eigenvalue weighted by atomic mass is 79.9. The number of nitrogens with one attached hydrogen (secondary N) is 1. The fraction of sp³-hybridized carbons (Fsp3) is 0.500. The average Bonchev–Trinajstić information content (AvgIpc) is 2.27. The maximum Gasteiger partial charge on any atom is 0.129 e. The smallest absolute Gasteiger partial charge is 0.129 e. The first-order valence-corrected chi connectivity index (χ1v) is 6.84. The van der Waals surface area contributed by atoms with Gasteiger partial charge in [-0.25, -0.2) is 0 Å². The molecule has 0 bridgehead atoms. The largest absolute Gasteiger partial charge is 0.316 e. The van der Waals surface area contributed by atoms with Crippen molar-refractivity contribution in [3.05, 3.63) is 33.8 Å². The average molecular weight is 298 g/mol. The van der Waals surface area contributed by atoms with Crippen molar-refractivity contribution in [2.45, 2.75) is 33.1 Å². The third kappa shape index (κ3) is 5.99. The fourth-order valence-electron chi connectivity index (χ4n) is 1.72. The summed E-state index contributed by atoms with van der Waals surface area (Å²) in [7, 11) is 0. The predicted octanol–water partition coefficient (Wildman–Crippen LogP) is 3.26.